The van der Waals surface area contributed by atoms with E-state index < -0.39 is 54.9 Å². The lowest BCUT2D eigenvalue weighted by Crippen LogP contribution is -2.54. The van der Waals surface area contributed by atoms with Gasteiger partial charge in [0.2, 0.25) is 11.8 Å². The van der Waals surface area contributed by atoms with Crippen LogP contribution < -0.4 is 16.4 Å². The molecule has 0 aromatic heterocycles. The molecule has 0 saturated carbocycles. The summed E-state index contributed by atoms with van der Waals surface area (Å²) in [6, 6.07) is 3.35. The molecule has 4 N–H and O–H groups in total. The van der Waals surface area contributed by atoms with Crippen molar-refractivity contribution in [3.8, 4) is 0 Å². The highest BCUT2D eigenvalue weighted by Crippen LogP contribution is 2.30. The number of alkyl halides is 3. The zero-order chi connectivity index (χ0) is 21.3. The van der Waals surface area contributed by atoms with Gasteiger partial charge in [0.05, 0.1) is 17.0 Å². The van der Waals surface area contributed by atoms with E-state index in [9.17, 15) is 32.3 Å². The van der Waals surface area contributed by atoms with Crippen molar-refractivity contribution >= 4 is 23.6 Å². The van der Waals surface area contributed by atoms with E-state index in [1.807, 2.05) is 0 Å². The number of imide groups is 2. The van der Waals surface area contributed by atoms with E-state index in [4.69, 9.17) is 5.73 Å². The van der Waals surface area contributed by atoms with Crippen LogP contribution >= 0.6 is 0 Å². The highest BCUT2D eigenvalue weighted by molar-refractivity contribution is 6.24. The van der Waals surface area contributed by atoms with Gasteiger partial charge in [0.15, 0.2) is 0 Å². The third kappa shape index (κ3) is 4.01. The molecule has 1 aromatic rings. The Hall–Kier alpha value is -2.79. The van der Waals surface area contributed by atoms with Crippen LogP contribution in [0.15, 0.2) is 18.2 Å². The summed E-state index contributed by atoms with van der Waals surface area (Å²) in [5.41, 5.74) is 5.63. The first-order chi connectivity index (χ1) is 13.6. The van der Waals surface area contributed by atoms with Gasteiger partial charge < -0.3 is 11.1 Å². The summed E-state index contributed by atoms with van der Waals surface area (Å²) in [4.78, 5) is 49.8. The second kappa shape index (κ2) is 7.91. The Morgan fingerprint density at radius 3 is 2.55 bits per heavy atom. The molecule has 0 radical (unpaired) electrons. The number of benzene rings is 1. The topological polar surface area (TPSA) is 122 Å². The molecular weight excluding hydrogens is 393 g/mol. The summed E-state index contributed by atoms with van der Waals surface area (Å²) in [7, 11) is 0. The van der Waals surface area contributed by atoms with Crippen LogP contribution in [0.25, 0.3) is 0 Å². The Bertz CT molecular complexity index is 871. The molecule has 1 aromatic carbocycles. The summed E-state index contributed by atoms with van der Waals surface area (Å²) in [6.45, 7) is -1.11. The third-order valence-corrected chi connectivity index (χ3v) is 5.01. The van der Waals surface area contributed by atoms with Crippen LogP contribution in [0.4, 0.5) is 13.2 Å². The van der Waals surface area contributed by atoms with Crippen LogP contribution in [0.2, 0.25) is 0 Å². The number of piperidine rings is 1. The number of nitrogens with two attached hydrogens (primary N) is 1. The quantitative estimate of drug-likeness (QED) is 0.579. The Kier molecular flexibility index (Phi) is 5.71. The molecule has 2 heterocycles. The number of hydrogen-bond donors (Lipinski definition) is 3. The van der Waals surface area contributed by atoms with Gasteiger partial charge in [0, 0.05) is 26.1 Å². The normalized spacial score (nSPS) is 20.7. The van der Waals surface area contributed by atoms with Crippen LogP contribution in [-0.4, -0.2) is 53.8 Å². The molecule has 0 aliphatic carbocycles. The molecule has 0 bridgehead atoms. The standard InChI is InChI=1S/C18H19F3N4O4/c19-18(20,21)10(6-22)8-23-7-9-2-1-3-11-14(9)17(29)25(16(11)28)12-4-5-13(26)24-15(12)27/h1-3,10,12,23H,4-8,22H2,(H,24,26,27). The number of nitrogens with zero attached hydrogens (tertiary/aromatic N) is 1. The van der Waals surface area contributed by atoms with Crippen molar-refractivity contribution < 1.29 is 32.3 Å². The number of carbonyl (C=O) groups excluding carboxylic acids is 4. The second-order valence-electron chi connectivity index (χ2n) is 6.89. The Balaban J connectivity index is 1.78. The first-order valence-corrected chi connectivity index (χ1v) is 8.96. The fourth-order valence-electron chi connectivity index (χ4n) is 3.45. The maximum Gasteiger partial charge on any atom is 0.394 e. The van der Waals surface area contributed by atoms with Crippen molar-refractivity contribution in [3.63, 3.8) is 0 Å². The minimum Gasteiger partial charge on any atom is -0.330 e. The molecule has 2 aliphatic rings. The van der Waals surface area contributed by atoms with Crippen molar-refractivity contribution in [1.82, 2.24) is 15.5 Å². The van der Waals surface area contributed by atoms with E-state index >= 15 is 0 Å². The largest absolute Gasteiger partial charge is 0.394 e. The average molecular weight is 412 g/mol. The first kappa shape index (κ1) is 20.9. The Morgan fingerprint density at radius 2 is 1.93 bits per heavy atom. The summed E-state index contributed by atoms with van der Waals surface area (Å²) >= 11 is 0. The van der Waals surface area contributed by atoms with Gasteiger partial charge >= 0.3 is 6.18 Å². The summed E-state index contributed by atoms with van der Waals surface area (Å²) < 4.78 is 38.4. The lowest BCUT2D eigenvalue weighted by Gasteiger charge is -2.27. The number of amides is 4. The first-order valence-electron chi connectivity index (χ1n) is 8.96. The second-order valence-corrected chi connectivity index (χ2v) is 6.89. The van der Waals surface area contributed by atoms with Crippen molar-refractivity contribution in [2.75, 3.05) is 13.1 Å². The van der Waals surface area contributed by atoms with Crippen LogP contribution in [0, 0.1) is 5.92 Å². The molecule has 4 amide bonds. The van der Waals surface area contributed by atoms with Crippen molar-refractivity contribution in [2.24, 2.45) is 11.7 Å². The molecule has 8 nitrogen and oxygen atoms in total. The predicted octanol–water partition coefficient (Wildman–Crippen LogP) is 0.315. The summed E-state index contributed by atoms with van der Waals surface area (Å²) in [5.74, 6) is -4.32. The van der Waals surface area contributed by atoms with E-state index in [0.717, 1.165) is 4.90 Å². The fraction of sp³-hybridized carbons (Fsp3) is 0.444. The molecule has 11 heteroatoms. The van der Waals surface area contributed by atoms with E-state index in [1.54, 1.807) is 0 Å². The predicted molar refractivity (Wildman–Crippen MR) is 93.4 cm³/mol. The van der Waals surface area contributed by atoms with E-state index in [0.29, 0.717) is 5.56 Å². The number of hydrogen-bond acceptors (Lipinski definition) is 6. The zero-order valence-electron chi connectivity index (χ0n) is 15.2. The van der Waals surface area contributed by atoms with E-state index in [2.05, 4.69) is 10.6 Å². The minimum atomic E-state index is -4.45. The van der Waals surface area contributed by atoms with Gasteiger partial charge in [-0.15, -0.1) is 0 Å². The number of carbonyl (C=O) groups is 4. The molecule has 3 rings (SSSR count). The zero-order valence-corrected chi connectivity index (χ0v) is 15.2. The highest BCUT2D eigenvalue weighted by Gasteiger charge is 2.45. The molecule has 1 saturated heterocycles. The lowest BCUT2D eigenvalue weighted by molar-refractivity contribution is -0.170. The van der Waals surface area contributed by atoms with Gasteiger partial charge in [-0.25, -0.2) is 0 Å². The molecular formula is C18H19F3N4O4. The average Bonchev–Trinajstić information content (AvgIpc) is 2.90. The maximum absolute atomic E-state index is 12.9. The Labute approximate surface area is 163 Å². The van der Waals surface area contributed by atoms with Crippen LogP contribution in [0.5, 0.6) is 0 Å². The van der Waals surface area contributed by atoms with Gasteiger partial charge in [0.1, 0.15) is 6.04 Å². The lowest BCUT2D eigenvalue weighted by atomic mass is 10.0. The molecule has 0 spiro atoms. The minimum absolute atomic E-state index is 0.00383. The third-order valence-electron chi connectivity index (χ3n) is 5.01. The maximum atomic E-state index is 12.9. The number of halogens is 3. The number of rotatable bonds is 6. The number of fused-ring (bicyclic) bond motifs is 1. The van der Waals surface area contributed by atoms with Gasteiger partial charge in [-0.2, -0.15) is 13.2 Å². The van der Waals surface area contributed by atoms with Gasteiger partial charge in [-0.1, -0.05) is 12.1 Å². The van der Waals surface area contributed by atoms with Crippen molar-refractivity contribution in [3.05, 3.63) is 34.9 Å². The molecule has 2 atom stereocenters. The van der Waals surface area contributed by atoms with Crippen LogP contribution in [-0.2, 0) is 16.1 Å². The van der Waals surface area contributed by atoms with E-state index in [1.165, 1.54) is 18.2 Å². The molecule has 156 valence electrons. The van der Waals surface area contributed by atoms with Crippen molar-refractivity contribution in [2.45, 2.75) is 31.6 Å². The molecule has 29 heavy (non-hydrogen) atoms. The summed E-state index contributed by atoms with van der Waals surface area (Å²) in [6.07, 6.45) is -4.43. The Morgan fingerprint density at radius 1 is 1.21 bits per heavy atom. The van der Waals surface area contributed by atoms with Crippen LogP contribution in [0.1, 0.15) is 39.1 Å². The molecule has 1 fully saturated rings. The van der Waals surface area contributed by atoms with Crippen LogP contribution in [0.3, 0.4) is 0 Å². The van der Waals surface area contributed by atoms with E-state index in [-0.39, 0.29) is 30.5 Å². The monoisotopic (exact) mass is 412 g/mol. The molecule has 2 aliphatic heterocycles. The SMILES string of the molecule is NCC(CNCc1cccc2c1C(=O)N(C1CCC(=O)NC1=O)C2=O)C(F)(F)F. The van der Waals surface area contributed by atoms with Gasteiger partial charge in [-0.3, -0.25) is 29.4 Å². The fourth-order valence-corrected chi connectivity index (χ4v) is 3.45. The molecule has 2 unspecified atom stereocenters. The van der Waals surface area contributed by atoms with Crippen molar-refractivity contribution in [1.29, 1.82) is 0 Å². The smallest absolute Gasteiger partial charge is 0.330 e. The van der Waals surface area contributed by atoms with Gasteiger partial charge in [-0.05, 0) is 18.1 Å². The van der Waals surface area contributed by atoms with Gasteiger partial charge in [0.25, 0.3) is 11.8 Å². The highest BCUT2D eigenvalue weighted by atomic mass is 19.4. The number of nitrogens with one attached hydrogen (secondary N) is 2. The summed E-state index contributed by atoms with van der Waals surface area (Å²) in [5, 5.41) is 4.73.